The number of carboxylic acids is 1. The van der Waals surface area contributed by atoms with Gasteiger partial charge in [-0.25, -0.2) is 0 Å². The third-order valence-electron chi connectivity index (χ3n) is 3.94. The molecule has 2 N–H and O–H groups in total. The Bertz CT molecular complexity index is 330. The van der Waals surface area contributed by atoms with E-state index in [9.17, 15) is 14.7 Å². The largest absolute Gasteiger partial charge is 0.481 e. The van der Waals surface area contributed by atoms with Gasteiger partial charge in [-0.15, -0.1) is 6.58 Å². The van der Waals surface area contributed by atoms with Gasteiger partial charge in [0, 0.05) is 12.5 Å². The van der Waals surface area contributed by atoms with Crippen LogP contribution in [0.3, 0.4) is 0 Å². The van der Waals surface area contributed by atoms with E-state index < -0.39 is 11.4 Å². The normalized spacial score (nSPS) is 20.1. The molecule has 0 radical (unpaired) electrons. The summed E-state index contributed by atoms with van der Waals surface area (Å²) in [5, 5.41) is 12.4. The van der Waals surface area contributed by atoms with Crippen LogP contribution in [0.2, 0.25) is 0 Å². The molecular formula is C15H25NO3. The minimum Gasteiger partial charge on any atom is -0.481 e. The predicted octanol–water partition coefficient (Wildman–Crippen LogP) is 2.88. The Balaban J connectivity index is 2.64. The standard InChI is InChI=1S/C15H25NO3/c1-3-8-12(2)16-13(17)11-15(14(18)19)9-6-4-5-7-10-15/h3,12H,1,4-11H2,2H3,(H,16,17)(H,18,19). The van der Waals surface area contributed by atoms with Crippen molar-refractivity contribution in [3.05, 3.63) is 12.7 Å². The summed E-state index contributed by atoms with van der Waals surface area (Å²) in [5.74, 6) is -0.973. The molecule has 0 aromatic heterocycles. The van der Waals surface area contributed by atoms with E-state index in [1.54, 1.807) is 6.08 Å². The maximum Gasteiger partial charge on any atom is 0.310 e. The van der Waals surface area contributed by atoms with Gasteiger partial charge in [0.05, 0.1) is 5.41 Å². The highest BCUT2D eigenvalue weighted by Gasteiger charge is 2.40. The van der Waals surface area contributed by atoms with Gasteiger partial charge < -0.3 is 10.4 Å². The maximum atomic E-state index is 12.0. The van der Waals surface area contributed by atoms with Crippen molar-refractivity contribution in [2.45, 2.75) is 64.3 Å². The summed E-state index contributed by atoms with van der Waals surface area (Å²) >= 11 is 0. The first-order valence-electron chi connectivity index (χ1n) is 7.14. The Kier molecular flexibility index (Phi) is 6.06. The first-order chi connectivity index (χ1) is 9.00. The van der Waals surface area contributed by atoms with Crippen molar-refractivity contribution in [1.82, 2.24) is 5.32 Å². The number of hydrogen-bond acceptors (Lipinski definition) is 2. The van der Waals surface area contributed by atoms with Crippen LogP contribution < -0.4 is 5.32 Å². The summed E-state index contributed by atoms with van der Waals surface area (Å²) in [7, 11) is 0. The Morgan fingerprint density at radius 2 is 1.89 bits per heavy atom. The fraction of sp³-hybridized carbons (Fsp3) is 0.733. The van der Waals surface area contributed by atoms with Gasteiger partial charge in [0.15, 0.2) is 0 Å². The number of amides is 1. The fourth-order valence-corrected chi connectivity index (χ4v) is 2.81. The van der Waals surface area contributed by atoms with Crippen molar-refractivity contribution >= 4 is 11.9 Å². The van der Waals surface area contributed by atoms with E-state index in [1.165, 1.54) is 0 Å². The van der Waals surface area contributed by atoms with Crippen LogP contribution in [0, 0.1) is 5.41 Å². The lowest BCUT2D eigenvalue weighted by Crippen LogP contribution is -2.40. The molecule has 0 aromatic carbocycles. The summed E-state index contributed by atoms with van der Waals surface area (Å²) in [6.45, 7) is 5.54. The number of hydrogen-bond donors (Lipinski definition) is 2. The van der Waals surface area contributed by atoms with Crippen LogP contribution in [0.25, 0.3) is 0 Å². The summed E-state index contributed by atoms with van der Waals surface area (Å²) in [5.41, 5.74) is -0.853. The molecule has 0 heterocycles. The van der Waals surface area contributed by atoms with Crippen molar-refractivity contribution in [2.75, 3.05) is 0 Å². The zero-order valence-corrected chi connectivity index (χ0v) is 11.8. The fourth-order valence-electron chi connectivity index (χ4n) is 2.81. The summed E-state index contributed by atoms with van der Waals surface area (Å²) in [4.78, 5) is 23.6. The van der Waals surface area contributed by atoms with Gasteiger partial charge in [-0.05, 0) is 26.2 Å². The molecule has 1 unspecified atom stereocenters. The number of carbonyl (C=O) groups is 2. The van der Waals surface area contributed by atoms with Crippen molar-refractivity contribution in [3.63, 3.8) is 0 Å². The molecule has 0 aromatic rings. The number of nitrogens with one attached hydrogen (secondary N) is 1. The minimum absolute atomic E-state index is 0.0154. The Morgan fingerprint density at radius 3 is 2.37 bits per heavy atom. The molecule has 1 rings (SSSR count). The number of rotatable bonds is 6. The van der Waals surface area contributed by atoms with Crippen LogP contribution in [0.4, 0.5) is 0 Å². The molecule has 0 saturated heterocycles. The van der Waals surface area contributed by atoms with Gasteiger partial charge in [-0.3, -0.25) is 9.59 Å². The van der Waals surface area contributed by atoms with Crippen LogP contribution in [0.1, 0.15) is 58.3 Å². The lowest BCUT2D eigenvalue weighted by atomic mass is 9.77. The minimum atomic E-state index is -0.853. The highest BCUT2D eigenvalue weighted by Crippen LogP contribution is 2.38. The average Bonchev–Trinajstić information content (AvgIpc) is 2.55. The van der Waals surface area contributed by atoms with E-state index in [1.807, 2.05) is 6.92 Å². The van der Waals surface area contributed by atoms with E-state index in [-0.39, 0.29) is 18.4 Å². The van der Waals surface area contributed by atoms with Gasteiger partial charge in [0.1, 0.15) is 0 Å². The van der Waals surface area contributed by atoms with Crippen LogP contribution in [-0.4, -0.2) is 23.0 Å². The van der Waals surface area contributed by atoms with Crippen molar-refractivity contribution in [3.8, 4) is 0 Å². The molecule has 0 spiro atoms. The topological polar surface area (TPSA) is 66.4 Å². The van der Waals surface area contributed by atoms with Gasteiger partial charge in [-0.2, -0.15) is 0 Å². The molecule has 4 heteroatoms. The Morgan fingerprint density at radius 1 is 1.32 bits per heavy atom. The van der Waals surface area contributed by atoms with Crippen LogP contribution in [0.5, 0.6) is 0 Å². The molecule has 19 heavy (non-hydrogen) atoms. The second-order valence-electron chi connectivity index (χ2n) is 5.67. The molecule has 1 aliphatic carbocycles. The van der Waals surface area contributed by atoms with Crippen molar-refractivity contribution in [2.24, 2.45) is 5.41 Å². The zero-order valence-electron chi connectivity index (χ0n) is 11.8. The Hall–Kier alpha value is -1.32. The SMILES string of the molecule is C=CCC(C)NC(=O)CC1(C(=O)O)CCCCCC1. The average molecular weight is 267 g/mol. The van der Waals surface area contributed by atoms with Crippen LogP contribution in [-0.2, 0) is 9.59 Å². The molecule has 0 aliphatic heterocycles. The molecule has 1 atom stereocenters. The van der Waals surface area contributed by atoms with Gasteiger partial charge in [-0.1, -0.05) is 31.8 Å². The molecule has 4 nitrogen and oxygen atoms in total. The van der Waals surface area contributed by atoms with Crippen molar-refractivity contribution < 1.29 is 14.7 Å². The predicted molar refractivity (Wildman–Crippen MR) is 74.8 cm³/mol. The van der Waals surface area contributed by atoms with E-state index in [0.717, 1.165) is 25.7 Å². The summed E-state index contributed by atoms with van der Waals surface area (Å²) in [6, 6.07) is 0.0154. The lowest BCUT2D eigenvalue weighted by Gasteiger charge is -2.28. The van der Waals surface area contributed by atoms with E-state index >= 15 is 0 Å². The first kappa shape index (κ1) is 15.7. The Labute approximate surface area is 115 Å². The van der Waals surface area contributed by atoms with Gasteiger partial charge >= 0.3 is 5.97 Å². The van der Waals surface area contributed by atoms with Gasteiger partial charge in [0.25, 0.3) is 0 Å². The molecule has 1 amide bonds. The quantitative estimate of drug-likeness (QED) is 0.574. The lowest BCUT2D eigenvalue weighted by molar-refractivity contribution is -0.153. The third kappa shape index (κ3) is 4.69. The van der Waals surface area contributed by atoms with E-state index in [2.05, 4.69) is 11.9 Å². The summed E-state index contributed by atoms with van der Waals surface area (Å²) in [6.07, 6.45) is 7.74. The second-order valence-corrected chi connectivity index (χ2v) is 5.67. The summed E-state index contributed by atoms with van der Waals surface area (Å²) < 4.78 is 0. The number of carbonyl (C=O) groups excluding carboxylic acids is 1. The molecule has 1 fully saturated rings. The zero-order chi connectivity index (χ0) is 14.3. The first-order valence-corrected chi connectivity index (χ1v) is 7.14. The van der Waals surface area contributed by atoms with Crippen LogP contribution >= 0.6 is 0 Å². The number of aliphatic carboxylic acids is 1. The molecule has 0 bridgehead atoms. The van der Waals surface area contributed by atoms with E-state index in [4.69, 9.17) is 0 Å². The second kappa shape index (κ2) is 7.31. The monoisotopic (exact) mass is 267 g/mol. The van der Waals surface area contributed by atoms with Crippen molar-refractivity contribution in [1.29, 1.82) is 0 Å². The van der Waals surface area contributed by atoms with Gasteiger partial charge in [0.2, 0.25) is 5.91 Å². The number of carboxylic acid groups (broad SMARTS) is 1. The van der Waals surface area contributed by atoms with Crippen LogP contribution in [0.15, 0.2) is 12.7 Å². The molecule has 1 saturated carbocycles. The molecule has 1 aliphatic rings. The maximum absolute atomic E-state index is 12.0. The highest BCUT2D eigenvalue weighted by atomic mass is 16.4. The smallest absolute Gasteiger partial charge is 0.310 e. The highest BCUT2D eigenvalue weighted by molar-refractivity contribution is 5.85. The van der Waals surface area contributed by atoms with E-state index in [0.29, 0.717) is 19.3 Å². The molecular weight excluding hydrogens is 242 g/mol. The third-order valence-corrected chi connectivity index (χ3v) is 3.94. The molecule has 108 valence electrons.